The molecule has 2 atom stereocenters. The maximum absolute atomic E-state index is 11.3. The summed E-state index contributed by atoms with van der Waals surface area (Å²) in [6, 6.07) is 1.59. The lowest BCUT2D eigenvalue weighted by molar-refractivity contribution is -0.144. The molecule has 1 aromatic heterocycles. The smallest absolute Gasteiger partial charge is 0.306 e. The number of rotatable bonds is 6. The molecule has 0 amide bonds. The number of hydrogen-bond acceptors (Lipinski definition) is 6. The van der Waals surface area contributed by atoms with Crippen LogP contribution in [0.2, 0.25) is 0 Å². The first kappa shape index (κ1) is 15.3. The first-order valence-electron chi connectivity index (χ1n) is 7.07. The SMILES string of the molecule is COc1cc(OC)nc(NCC2CCCCC2C(=O)O)n1. The van der Waals surface area contributed by atoms with Crippen LogP contribution in [0.15, 0.2) is 6.07 Å². The number of carboxylic acids is 1. The number of anilines is 1. The van der Waals surface area contributed by atoms with Crippen molar-refractivity contribution in [3.63, 3.8) is 0 Å². The molecule has 2 N–H and O–H groups in total. The van der Waals surface area contributed by atoms with Crippen molar-refractivity contribution in [1.82, 2.24) is 9.97 Å². The van der Waals surface area contributed by atoms with E-state index in [1.165, 1.54) is 14.2 Å². The minimum atomic E-state index is -0.717. The normalized spacial score (nSPS) is 21.6. The van der Waals surface area contributed by atoms with Crippen LogP contribution in [0.4, 0.5) is 5.95 Å². The van der Waals surface area contributed by atoms with Gasteiger partial charge in [0.15, 0.2) is 0 Å². The number of carboxylic acid groups (broad SMARTS) is 1. The Bertz CT molecular complexity index is 473. The van der Waals surface area contributed by atoms with Gasteiger partial charge in [-0.25, -0.2) is 0 Å². The minimum Gasteiger partial charge on any atom is -0.481 e. The van der Waals surface area contributed by atoms with Crippen LogP contribution in [-0.4, -0.2) is 41.8 Å². The van der Waals surface area contributed by atoms with E-state index >= 15 is 0 Å². The fraction of sp³-hybridized carbons (Fsp3) is 0.643. The van der Waals surface area contributed by atoms with Crippen molar-refractivity contribution < 1.29 is 19.4 Å². The second-order valence-corrected chi connectivity index (χ2v) is 5.15. The van der Waals surface area contributed by atoms with Gasteiger partial charge in [-0.3, -0.25) is 4.79 Å². The largest absolute Gasteiger partial charge is 0.481 e. The monoisotopic (exact) mass is 295 g/mol. The Morgan fingerprint density at radius 2 is 1.90 bits per heavy atom. The lowest BCUT2D eigenvalue weighted by atomic mass is 9.79. The average Bonchev–Trinajstić information content (AvgIpc) is 2.52. The van der Waals surface area contributed by atoms with Gasteiger partial charge in [-0.2, -0.15) is 9.97 Å². The highest BCUT2D eigenvalue weighted by Crippen LogP contribution is 2.30. The first-order valence-corrected chi connectivity index (χ1v) is 7.07. The number of nitrogens with zero attached hydrogens (tertiary/aromatic N) is 2. The Labute approximate surface area is 123 Å². The molecule has 1 fully saturated rings. The highest BCUT2D eigenvalue weighted by atomic mass is 16.5. The zero-order valence-corrected chi connectivity index (χ0v) is 12.3. The van der Waals surface area contributed by atoms with Gasteiger partial charge in [0.25, 0.3) is 0 Å². The molecule has 7 nitrogen and oxygen atoms in total. The Morgan fingerprint density at radius 3 is 2.48 bits per heavy atom. The number of hydrogen-bond donors (Lipinski definition) is 2. The standard InChI is InChI=1S/C14H21N3O4/c1-20-11-7-12(21-2)17-14(16-11)15-8-9-5-3-4-6-10(9)13(18)19/h7,9-10H,3-6,8H2,1-2H3,(H,18,19)(H,15,16,17). The molecule has 0 aromatic carbocycles. The maximum Gasteiger partial charge on any atom is 0.306 e. The lowest BCUT2D eigenvalue weighted by Gasteiger charge is -2.28. The molecule has 2 unspecified atom stereocenters. The van der Waals surface area contributed by atoms with E-state index in [0.29, 0.717) is 24.3 Å². The van der Waals surface area contributed by atoms with E-state index in [2.05, 4.69) is 15.3 Å². The molecule has 1 aromatic rings. The van der Waals surface area contributed by atoms with Crippen molar-refractivity contribution in [1.29, 1.82) is 0 Å². The third-order valence-corrected chi connectivity index (χ3v) is 3.85. The fourth-order valence-electron chi connectivity index (χ4n) is 2.69. The summed E-state index contributed by atoms with van der Waals surface area (Å²) in [5.74, 6) is 0.285. The van der Waals surface area contributed by atoms with Gasteiger partial charge in [0.05, 0.1) is 26.2 Å². The maximum atomic E-state index is 11.3. The minimum absolute atomic E-state index is 0.0945. The van der Waals surface area contributed by atoms with Crippen molar-refractivity contribution in [3.05, 3.63) is 6.07 Å². The first-order chi connectivity index (χ1) is 10.1. The molecular weight excluding hydrogens is 274 g/mol. The van der Waals surface area contributed by atoms with Crippen LogP contribution in [0, 0.1) is 11.8 Å². The van der Waals surface area contributed by atoms with Crippen molar-refractivity contribution in [2.75, 3.05) is 26.1 Å². The van der Waals surface area contributed by atoms with Crippen LogP contribution in [-0.2, 0) is 4.79 Å². The topological polar surface area (TPSA) is 93.6 Å². The summed E-state index contributed by atoms with van der Waals surface area (Å²) in [4.78, 5) is 19.6. The van der Waals surface area contributed by atoms with Gasteiger partial charge in [-0.05, 0) is 18.8 Å². The van der Waals surface area contributed by atoms with Crippen LogP contribution in [0.3, 0.4) is 0 Å². The molecule has 0 spiro atoms. The van der Waals surface area contributed by atoms with Gasteiger partial charge in [-0.15, -0.1) is 0 Å². The van der Waals surface area contributed by atoms with Gasteiger partial charge < -0.3 is 19.9 Å². The number of ether oxygens (including phenoxy) is 2. The molecule has 1 heterocycles. The zero-order chi connectivity index (χ0) is 15.2. The molecule has 0 aliphatic heterocycles. The Balaban J connectivity index is 2.02. The predicted octanol–water partition coefficient (Wildman–Crippen LogP) is 1.80. The van der Waals surface area contributed by atoms with Gasteiger partial charge in [0.2, 0.25) is 17.7 Å². The van der Waals surface area contributed by atoms with Crippen molar-refractivity contribution >= 4 is 11.9 Å². The Hall–Kier alpha value is -2.05. The van der Waals surface area contributed by atoms with Crippen LogP contribution >= 0.6 is 0 Å². The van der Waals surface area contributed by atoms with Gasteiger partial charge in [0, 0.05) is 6.54 Å². The number of aliphatic carboxylic acids is 1. The molecule has 116 valence electrons. The Morgan fingerprint density at radius 1 is 1.29 bits per heavy atom. The number of methoxy groups -OCH3 is 2. The fourth-order valence-corrected chi connectivity index (χ4v) is 2.69. The van der Waals surface area contributed by atoms with Gasteiger partial charge in [0.1, 0.15) is 0 Å². The average molecular weight is 295 g/mol. The Kier molecular flexibility index (Phi) is 5.19. The third kappa shape index (κ3) is 3.96. The quantitative estimate of drug-likeness (QED) is 0.826. The molecule has 1 saturated carbocycles. The third-order valence-electron chi connectivity index (χ3n) is 3.85. The highest BCUT2D eigenvalue weighted by Gasteiger charge is 2.30. The van der Waals surface area contributed by atoms with Crippen LogP contribution in [0.1, 0.15) is 25.7 Å². The molecule has 0 bridgehead atoms. The van der Waals surface area contributed by atoms with E-state index in [9.17, 15) is 9.90 Å². The van der Waals surface area contributed by atoms with E-state index in [1.54, 1.807) is 6.07 Å². The summed E-state index contributed by atoms with van der Waals surface area (Å²) in [5, 5.41) is 12.4. The summed E-state index contributed by atoms with van der Waals surface area (Å²) < 4.78 is 10.2. The number of nitrogens with one attached hydrogen (secondary N) is 1. The second kappa shape index (κ2) is 7.10. The van der Waals surface area contributed by atoms with E-state index in [-0.39, 0.29) is 11.8 Å². The molecule has 1 aliphatic rings. The molecule has 1 aliphatic carbocycles. The van der Waals surface area contributed by atoms with Crippen LogP contribution < -0.4 is 14.8 Å². The number of carbonyl (C=O) groups is 1. The summed E-state index contributed by atoms with van der Waals surface area (Å²) in [5.41, 5.74) is 0. The van der Waals surface area contributed by atoms with Crippen LogP contribution in [0.25, 0.3) is 0 Å². The summed E-state index contributed by atoms with van der Waals surface area (Å²) >= 11 is 0. The van der Waals surface area contributed by atoms with E-state index in [1.807, 2.05) is 0 Å². The van der Waals surface area contributed by atoms with Crippen molar-refractivity contribution in [3.8, 4) is 11.8 Å². The zero-order valence-electron chi connectivity index (χ0n) is 12.3. The molecule has 0 saturated heterocycles. The second-order valence-electron chi connectivity index (χ2n) is 5.15. The summed E-state index contributed by atoms with van der Waals surface area (Å²) in [6.45, 7) is 0.535. The number of aromatic nitrogens is 2. The molecule has 7 heteroatoms. The molecule has 21 heavy (non-hydrogen) atoms. The van der Waals surface area contributed by atoms with Crippen LogP contribution in [0.5, 0.6) is 11.8 Å². The summed E-state index contributed by atoms with van der Waals surface area (Å²) in [6.07, 6.45) is 3.70. The highest BCUT2D eigenvalue weighted by molar-refractivity contribution is 5.70. The van der Waals surface area contributed by atoms with E-state index in [4.69, 9.17) is 9.47 Å². The predicted molar refractivity (Wildman–Crippen MR) is 76.7 cm³/mol. The van der Waals surface area contributed by atoms with Crippen molar-refractivity contribution in [2.24, 2.45) is 11.8 Å². The molecule has 0 radical (unpaired) electrons. The van der Waals surface area contributed by atoms with Crippen molar-refractivity contribution in [2.45, 2.75) is 25.7 Å². The lowest BCUT2D eigenvalue weighted by Crippen LogP contribution is -2.32. The van der Waals surface area contributed by atoms with E-state index < -0.39 is 5.97 Å². The van der Waals surface area contributed by atoms with Gasteiger partial charge in [-0.1, -0.05) is 12.8 Å². The summed E-state index contributed by atoms with van der Waals surface area (Å²) in [7, 11) is 3.04. The van der Waals surface area contributed by atoms with E-state index in [0.717, 1.165) is 25.7 Å². The molecule has 2 rings (SSSR count). The molecular formula is C14H21N3O4. The van der Waals surface area contributed by atoms with Gasteiger partial charge >= 0.3 is 5.97 Å².